The summed E-state index contributed by atoms with van der Waals surface area (Å²) >= 11 is 11.6. The van der Waals surface area contributed by atoms with Crippen LogP contribution in [-0.4, -0.2) is 16.0 Å². The van der Waals surface area contributed by atoms with Gasteiger partial charge in [0.2, 0.25) is 5.28 Å². The first-order valence-electron chi connectivity index (χ1n) is 4.11. The number of fused-ring (bicyclic) bond motifs is 1. The van der Waals surface area contributed by atoms with Crippen LogP contribution in [0.5, 0.6) is 0 Å². The Morgan fingerprint density at radius 1 is 1.38 bits per heavy atom. The fourth-order valence-electron chi connectivity index (χ4n) is 1.47. The van der Waals surface area contributed by atoms with Crippen molar-refractivity contribution in [3.63, 3.8) is 0 Å². The van der Waals surface area contributed by atoms with Crippen LogP contribution in [0.15, 0.2) is 0 Å². The smallest absolute Gasteiger partial charge is 0.224 e. The summed E-state index contributed by atoms with van der Waals surface area (Å²) in [6.07, 6.45) is 0.866. The Kier molecular flexibility index (Phi) is 2.41. The van der Waals surface area contributed by atoms with Gasteiger partial charge < -0.3 is 5.32 Å². The van der Waals surface area contributed by atoms with Crippen molar-refractivity contribution >= 4 is 23.2 Å². The highest BCUT2D eigenvalue weighted by Crippen LogP contribution is 2.23. The third kappa shape index (κ3) is 1.77. The quantitative estimate of drug-likeness (QED) is 0.533. The molecule has 1 N–H and O–H groups in total. The maximum atomic E-state index is 5.95. The van der Waals surface area contributed by atoms with E-state index in [0.29, 0.717) is 11.2 Å². The molecule has 0 saturated carbocycles. The van der Waals surface area contributed by atoms with E-state index in [2.05, 4.69) is 22.2 Å². The summed E-state index contributed by atoms with van der Waals surface area (Å²) in [6, 6.07) is 0.426. The SMILES string of the molecule is CC1Cc2c(Cl)nc(Cl)nc2CN1. The predicted octanol–water partition coefficient (Wildman–Crippen LogP) is 1.82. The summed E-state index contributed by atoms with van der Waals surface area (Å²) in [5.41, 5.74) is 1.94. The normalized spacial score (nSPS) is 21.3. The van der Waals surface area contributed by atoms with Crippen molar-refractivity contribution < 1.29 is 0 Å². The van der Waals surface area contributed by atoms with Crippen molar-refractivity contribution in [1.29, 1.82) is 0 Å². The first-order chi connectivity index (χ1) is 6.16. The van der Waals surface area contributed by atoms with Crippen LogP contribution in [-0.2, 0) is 13.0 Å². The van der Waals surface area contributed by atoms with Gasteiger partial charge in [-0.25, -0.2) is 9.97 Å². The Morgan fingerprint density at radius 2 is 2.15 bits per heavy atom. The lowest BCUT2D eigenvalue weighted by molar-refractivity contribution is 0.503. The van der Waals surface area contributed by atoms with Gasteiger partial charge in [-0.05, 0) is 24.9 Å². The number of halogens is 2. The second kappa shape index (κ2) is 3.40. The molecular weight excluding hydrogens is 209 g/mol. The minimum Gasteiger partial charge on any atom is -0.308 e. The van der Waals surface area contributed by atoms with Gasteiger partial charge in [0.1, 0.15) is 5.15 Å². The number of aromatic nitrogens is 2. The molecule has 13 heavy (non-hydrogen) atoms. The highest BCUT2D eigenvalue weighted by Gasteiger charge is 2.19. The molecule has 1 aromatic rings. The van der Waals surface area contributed by atoms with Gasteiger partial charge >= 0.3 is 0 Å². The number of hydrogen-bond acceptors (Lipinski definition) is 3. The highest BCUT2D eigenvalue weighted by molar-refractivity contribution is 6.32. The molecule has 0 fully saturated rings. The van der Waals surface area contributed by atoms with Crippen molar-refractivity contribution in [2.24, 2.45) is 0 Å². The van der Waals surface area contributed by atoms with Crippen LogP contribution in [0.4, 0.5) is 0 Å². The molecule has 0 radical (unpaired) electrons. The van der Waals surface area contributed by atoms with E-state index in [1.54, 1.807) is 0 Å². The van der Waals surface area contributed by atoms with Gasteiger partial charge in [-0.1, -0.05) is 11.6 Å². The standard InChI is InChI=1S/C8H9Cl2N3/c1-4-2-5-6(3-11-4)12-8(10)13-7(5)9/h4,11H,2-3H2,1H3. The molecule has 2 heterocycles. The van der Waals surface area contributed by atoms with E-state index in [1.165, 1.54) is 0 Å². The molecule has 1 unspecified atom stereocenters. The third-order valence-electron chi connectivity index (χ3n) is 2.14. The van der Waals surface area contributed by atoms with Crippen LogP contribution >= 0.6 is 23.2 Å². The van der Waals surface area contributed by atoms with Gasteiger partial charge in [0, 0.05) is 18.2 Å². The van der Waals surface area contributed by atoms with Gasteiger partial charge in [0.25, 0.3) is 0 Å². The second-order valence-electron chi connectivity index (χ2n) is 3.19. The molecule has 0 aromatic carbocycles. The molecule has 0 saturated heterocycles. The van der Waals surface area contributed by atoms with E-state index < -0.39 is 0 Å². The summed E-state index contributed by atoms with van der Waals surface area (Å²) in [4.78, 5) is 8.03. The van der Waals surface area contributed by atoms with Crippen molar-refractivity contribution in [3.8, 4) is 0 Å². The Morgan fingerprint density at radius 3 is 2.92 bits per heavy atom. The topological polar surface area (TPSA) is 37.8 Å². The summed E-state index contributed by atoms with van der Waals surface area (Å²) in [7, 11) is 0. The largest absolute Gasteiger partial charge is 0.308 e. The number of nitrogens with one attached hydrogen (secondary N) is 1. The minimum atomic E-state index is 0.222. The van der Waals surface area contributed by atoms with Gasteiger partial charge in [0.15, 0.2) is 0 Å². The number of nitrogens with zero attached hydrogens (tertiary/aromatic N) is 2. The summed E-state index contributed by atoms with van der Waals surface area (Å²) in [5, 5.41) is 4.00. The van der Waals surface area contributed by atoms with Gasteiger partial charge in [-0.3, -0.25) is 0 Å². The zero-order chi connectivity index (χ0) is 9.42. The average molecular weight is 218 g/mol. The van der Waals surface area contributed by atoms with E-state index in [0.717, 1.165) is 24.2 Å². The zero-order valence-corrected chi connectivity index (χ0v) is 8.65. The van der Waals surface area contributed by atoms with E-state index in [-0.39, 0.29) is 5.28 Å². The Bertz CT molecular complexity index is 340. The monoisotopic (exact) mass is 217 g/mol. The minimum absolute atomic E-state index is 0.222. The molecule has 1 aromatic heterocycles. The molecule has 0 spiro atoms. The highest BCUT2D eigenvalue weighted by atomic mass is 35.5. The molecule has 70 valence electrons. The van der Waals surface area contributed by atoms with Crippen molar-refractivity contribution in [2.45, 2.75) is 25.9 Å². The lowest BCUT2D eigenvalue weighted by Crippen LogP contribution is -2.33. The second-order valence-corrected chi connectivity index (χ2v) is 3.89. The Hall–Kier alpha value is -0.380. The van der Waals surface area contributed by atoms with Crippen molar-refractivity contribution in [2.75, 3.05) is 0 Å². The summed E-state index contributed by atoms with van der Waals surface area (Å²) in [6.45, 7) is 2.83. The lowest BCUT2D eigenvalue weighted by atomic mass is 10.0. The molecule has 5 heteroatoms. The van der Waals surface area contributed by atoms with Crippen LogP contribution in [0.3, 0.4) is 0 Å². The number of hydrogen-bond donors (Lipinski definition) is 1. The Balaban J connectivity index is 2.47. The van der Waals surface area contributed by atoms with E-state index in [1.807, 2.05) is 0 Å². The number of rotatable bonds is 0. The van der Waals surface area contributed by atoms with Crippen LogP contribution in [0.1, 0.15) is 18.2 Å². The van der Waals surface area contributed by atoms with Crippen LogP contribution in [0.25, 0.3) is 0 Å². The summed E-state index contributed by atoms with van der Waals surface area (Å²) < 4.78 is 0. The third-order valence-corrected chi connectivity index (χ3v) is 2.62. The first-order valence-corrected chi connectivity index (χ1v) is 4.86. The van der Waals surface area contributed by atoms with Crippen LogP contribution in [0.2, 0.25) is 10.4 Å². The first kappa shape index (κ1) is 9.19. The fraction of sp³-hybridized carbons (Fsp3) is 0.500. The van der Waals surface area contributed by atoms with Crippen LogP contribution < -0.4 is 5.32 Å². The molecule has 0 amide bonds. The van der Waals surface area contributed by atoms with E-state index >= 15 is 0 Å². The fourth-order valence-corrected chi connectivity index (χ4v) is 1.96. The van der Waals surface area contributed by atoms with E-state index in [9.17, 15) is 0 Å². The molecule has 0 aliphatic carbocycles. The Labute approximate surface area is 86.5 Å². The predicted molar refractivity (Wildman–Crippen MR) is 52.1 cm³/mol. The lowest BCUT2D eigenvalue weighted by Gasteiger charge is -2.22. The van der Waals surface area contributed by atoms with Gasteiger partial charge in [-0.15, -0.1) is 0 Å². The molecular formula is C8H9Cl2N3. The van der Waals surface area contributed by atoms with Crippen LogP contribution in [0, 0.1) is 0 Å². The molecule has 2 rings (SSSR count). The average Bonchev–Trinajstić information content (AvgIpc) is 2.06. The molecule has 0 bridgehead atoms. The maximum absolute atomic E-state index is 5.95. The molecule has 1 atom stereocenters. The molecule has 3 nitrogen and oxygen atoms in total. The van der Waals surface area contributed by atoms with Crippen molar-refractivity contribution in [1.82, 2.24) is 15.3 Å². The summed E-state index contributed by atoms with van der Waals surface area (Å²) in [5.74, 6) is 0. The maximum Gasteiger partial charge on any atom is 0.224 e. The van der Waals surface area contributed by atoms with E-state index in [4.69, 9.17) is 23.2 Å². The van der Waals surface area contributed by atoms with Gasteiger partial charge in [0.05, 0.1) is 5.69 Å². The molecule has 1 aliphatic rings. The van der Waals surface area contributed by atoms with Gasteiger partial charge in [-0.2, -0.15) is 0 Å². The van der Waals surface area contributed by atoms with Crippen molar-refractivity contribution in [3.05, 3.63) is 21.7 Å². The zero-order valence-electron chi connectivity index (χ0n) is 7.14. The molecule has 1 aliphatic heterocycles.